The van der Waals surface area contributed by atoms with Gasteiger partial charge in [0, 0.05) is 19.6 Å². The highest BCUT2D eigenvalue weighted by atomic mass is 16.4. The molecule has 0 aliphatic heterocycles. The zero-order valence-corrected chi connectivity index (χ0v) is 13.6. The van der Waals surface area contributed by atoms with Gasteiger partial charge in [0.2, 0.25) is 5.91 Å². The second kappa shape index (κ2) is 8.17. The van der Waals surface area contributed by atoms with Crippen molar-refractivity contribution in [3.8, 4) is 0 Å². The Morgan fingerprint density at radius 1 is 1.14 bits per heavy atom. The minimum absolute atomic E-state index is 0.0118. The monoisotopic (exact) mass is 296 g/mol. The Morgan fingerprint density at radius 3 is 2.19 bits per heavy atom. The zero-order valence-electron chi connectivity index (χ0n) is 13.6. The first kappa shape index (κ1) is 17.7. The van der Waals surface area contributed by atoms with Crippen LogP contribution in [0.5, 0.6) is 0 Å². The van der Waals surface area contributed by atoms with Gasteiger partial charge in [-0.3, -0.25) is 9.59 Å². The maximum absolute atomic E-state index is 12.8. The van der Waals surface area contributed by atoms with Crippen LogP contribution in [-0.4, -0.2) is 60.5 Å². The van der Waals surface area contributed by atoms with Gasteiger partial charge in [-0.25, -0.2) is 0 Å². The van der Waals surface area contributed by atoms with Crippen LogP contribution >= 0.6 is 0 Å². The fourth-order valence-electron chi connectivity index (χ4n) is 2.65. The number of rotatable bonds is 7. The normalized spacial score (nSPS) is 21.8. The van der Waals surface area contributed by atoms with E-state index in [0.717, 1.165) is 6.54 Å². The quantitative estimate of drug-likeness (QED) is 0.726. The first-order chi connectivity index (χ1) is 9.82. The maximum Gasteiger partial charge on any atom is 0.307 e. The summed E-state index contributed by atoms with van der Waals surface area (Å²) >= 11 is 0. The number of amides is 1. The highest BCUT2D eigenvalue weighted by Crippen LogP contribution is 2.28. The van der Waals surface area contributed by atoms with Gasteiger partial charge in [-0.15, -0.1) is 0 Å². The molecule has 5 nitrogen and oxygen atoms in total. The van der Waals surface area contributed by atoms with E-state index >= 15 is 0 Å². The summed E-state index contributed by atoms with van der Waals surface area (Å²) < 4.78 is 0. The van der Waals surface area contributed by atoms with Crippen molar-refractivity contribution < 1.29 is 14.7 Å². The Morgan fingerprint density at radius 2 is 1.71 bits per heavy atom. The molecule has 2 atom stereocenters. The van der Waals surface area contributed by atoms with Crippen LogP contribution in [0.15, 0.2) is 12.2 Å². The van der Waals surface area contributed by atoms with Crippen molar-refractivity contribution in [3.63, 3.8) is 0 Å². The van der Waals surface area contributed by atoms with Crippen LogP contribution in [0.25, 0.3) is 0 Å². The lowest BCUT2D eigenvalue weighted by Crippen LogP contribution is -2.45. The lowest BCUT2D eigenvalue weighted by Gasteiger charge is -2.32. The van der Waals surface area contributed by atoms with Crippen LogP contribution in [0.1, 0.15) is 26.7 Å². The minimum Gasteiger partial charge on any atom is -0.481 e. The number of likely N-dealkylation sites (N-methyl/N-ethyl adjacent to an activating group) is 1. The summed E-state index contributed by atoms with van der Waals surface area (Å²) in [5, 5.41) is 9.33. The molecule has 1 aliphatic carbocycles. The van der Waals surface area contributed by atoms with E-state index in [1.165, 1.54) is 0 Å². The van der Waals surface area contributed by atoms with Gasteiger partial charge in [0.15, 0.2) is 0 Å². The van der Waals surface area contributed by atoms with E-state index in [1.54, 1.807) is 0 Å². The largest absolute Gasteiger partial charge is 0.481 e. The second-order valence-electron chi connectivity index (χ2n) is 6.48. The Bertz CT molecular complexity index is 391. The van der Waals surface area contributed by atoms with E-state index in [2.05, 4.69) is 13.8 Å². The van der Waals surface area contributed by atoms with Crippen LogP contribution in [0, 0.1) is 17.8 Å². The number of nitrogens with zero attached hydrogens (tertiary/aromatic N) is 2. The summed E-state index contributed by atoms with van der Waals surface area (Å²) in [5.74, 6) is -1.51. The summed E-state index contributed by atoms with van der Waals surface area (Å²) in [6.07, 6.45) is 4.79. The third kappa shape index (κ3) is 5.50. The first-order valence-electron chi connectivity index (χ1n) is 7.64. The minimum atomic E-state index is -0.866. The van der Waals surface area contributed by atoms with Crippen LogP contribution in [0.4, 0.5) is 0 Å². The molecule has 1 N–H and O–H groups in total. The van der Waals surface area contributed by atoms with Crippen LogP contribution in [-0.2, 0) is 9.59 Å². The highest BCUT2D eigenvalue weighted by Gasteiger charge is 2.36. The van der Waals surface area contributed by atoms with E-state index in [-0.39, 0.29) is 5.91 Å². The molecule has 0 fully saturated rings. The summed E-state index contributed by atoms with van der Waals surface area (Å²) in [6, 6.07) is 0. The predicted molar refractivity (Wildman–Crippen MR) is 83.0 cm³/mol. The third-order valence-electron chi connectivity index (χ3n) is 3.78. The molecular formula is C16H28N2O3. The van der Waals surface area contributed by atoms with Crippen LogP contribution < -0.4 is 0 Å². The van der Waals surface area contributed by atoms with Gasteiger partial charge in [0.05, 0.1) is 11.8 Å². The van der Waals surface area contributed by atoms with Crippen molar-refractivity contribution in [1.29, 1.82) is 0 Å². The predicted octanol–water partition coefficient (Wildman–Crippen LogP) is 1.70. The lowest BCUT2D eigenvalue weighted by atomic mass is 9.82. The molecule has 0 aromatic rings. The second-order valence-corrected chi connectivity index (χ2v) is 6.48. The number of carboxylic acids is 1. The molecule has 1 aliphatic rings. The third-order valence-corrected chi connectivity index (χ3v) is 3.78. The molecule has 1 amide bonds. The molecule has 0 bridgehead atoms. The standard InChI is InChI=1S/C16H28N2O3/c1-12(2)11-18(10-9-17(3)4)15(19)13-7-5-6-8-14(13)16(20)21/h5-6,12-14H,7-11H2,1-4H3,(H,20,21). The maximum atomic E-state index is 12.8. The summed E-state index contributed by atoms with van der Waals surface area (Å²) in [5.41, 5.74) is 0. The average molecular weight is 296 g/mol. The summed E-state index contributed by atoms with van der Waals surface area (Å²) in [7, 11) is 3.95. The fraction of sp³-hybridized carbons (Fsp3) is 0.750. The number of allylic oxidation sites excluding steroid dienone is 2. The van der Waals surface area contributed by atoms with Crippen molar-refractivity contribution >= 4 is 11.9 Å². The van der Waals surface area contributed by atoms with Crippen LogP contribution in [0.3, 0.4) is 0 Å². The number of carboxylic acid groups (broad SMARTS) is 1. The average Bonchev–Trinajstić information content (AvgIpc) is 2.42. The molecule has 2 unspecified atom stereocenters. The van der Waals surface area contributed by atoms with Crippen LogP contribution in [0.2, 0.25) is 0 Å². The lowest BCUT2D eigenvalue weighted by molar-refractivity contribution is -0.150. The van der Waals surface area contributed by atoms with Gasteiger partial charge in [0.1, 0.15) is 0 Å². The Kier molecular flexibility index (Phi) is 6.89. The van der Waals surface area contributed by atoms with Gasteiger partial charge >= 0.3 is 5.97 Å². The molecule has 0 saturated carbocycles. The van der Waals surface area contributed by atoms with E-state index in [4.69, 9.17) is 0 Å². The van der Waals surface area contributed by atoms with Gasteiger partial charge < -0.3 is 14.9 Å². The van der Waals surface area contributed by atoms with E-state index < -0.39 is 17.8 Å². The van der Waals surface area contributed by atoms with Gasteiger partial charge in [-0.2, -0.15) is 0 Å². The topological polar surface area (TPSA) is 60.9 Å². The molecule has 5 heteroatoms. The van der Waals surface area contributed by atoms with E-state index in [0.29, 0.717) is 31.8 Å². The molecule has 0 aromatic carbocycles. The number of hydrogen-bond donors (Lipinski definition) is 1. The van der Waals surface area contributed by atoms with Gasteiger partial charge in [-0.05, 0) is 32.9 Å². The van der Waals surface area contributed by atoms with Crippen molar-refractivity contribution in [2.45, 2.75) is 26.7 Å². The van der Waals surface area contributed by atoms with Crippen molar-refractivity contribution in [1.82, 2.24) is 9.80 Å². The molecule has 0 spiro atoms. The van der Waals surface area contributed by atoms with Crippen molar-refractivity contribution in [3.05, 3.63) is 12.2 Å². The number of aliphatic carboxylic acids is 1. The smallest absolute Gasteiger partial charge is 0.307 e. The van der Waals surface area contributed by atoms with E-state index in [1.807, 2.05) is 36.0 Å². The molecule has 0 radical (unpaired) electrons. The summed E-state index contributed by atoms with van der Waals surface area (Å²) in [4.78, 5) is 28.0. The fourth-order valence-corrected chi connectivity index (χ4v) is 2.65. The number of carbonyl (C=O) groups excluding carboxylic acids is 1. The van der Waals surface area contributed by atoms with E-state index in [9.17, 15) is 14.7 Å². The molecule has 0 heterocycles. The Hall–Kier alpha value is -1.36. The molecule has 0 saturated heterocycles. The Labute approximate surface area is 127 Å². The van der Waals surface area contributed by atoms with Gasteiger partial charge in [-0.1, -0.05) is 26.0 Å². The Balaban J connectivity index is 2.81. The molecule has 1 rings (SSSR count). The number of carbonyl (C=O) groups is 2. The molecule has 0 aromatic heterocycles. The first-order valence-corrected chi connectivity index (χ1v) is 7.64. The highest BCUT2D eigenvalue weighted by molar-refractivity contribution is 5.85. The zero-order chi connectivity index (χ0) is 16.0. The SMILES string of the molecule is CC(C)CN(CCN(C)C)C(=O)C1CC=CCC1C(=O)O. The molecule has 21 heavy (non-hydrogen) atoms. The van der Waals surface area contributed by atoms with Crippen molar-refractivity contribution in [2.75, 3.05) is 33.7 Å². The summed E-state index contributed by atoms with van der Waals surface area (Å²) in [6.45, 7) is 6.27. The van der Waals surface area contributed by atoms with Crippen molar-refractivity contribution in [2.24, 2.45) is 17.8 Å². The van der Waals surface area contributed by atoms with Gasteiger partial charge in [0.25, 0.3) is 0 Å². The number of hydrogen-bond acceptors (Lipinski definition) is 3. The molecule has 120 valence electrons. The molecular weight excluding hydrogens is 268 g/mol.